The van der Waals surface area contributed by atoms with Crippen LogP contribution in [0.5, 0.6) is 0 Å². The van der Waals surface area contributed by atoms with Gasteiger partial charge in [-0.2, -0.15) is 5.10 Å². The number of carbonyl (C=O) groups excluding carboxylic acids is 1. The molecular weight excluding hydrogens is 330 g/mol. The summed E-state index contributed by atoms with van der Waals surface area (Å²) < 4.78 is 7.60. The van der Waals surface area contributed by atoms with Gasteiger partial charge in [0, 0.05) is 57.5 Å². The average molecular weight is 355 g/mol. The van der Waals surface area contributed by atoms with Gasteiger partial charge >= 0.3 is 0 Å². The van der Waals surface area contributed by atoms with Gasteiger partial charge in [-0.3, -0.25) is 9.48 Å². The number of ether oxygens (including phenoxy) is 1. The molecule has 0 spiro atoms. The molecule has 0 bridgehead atoms. The Morgan fingerprint density at radius 1 is 1.27 bits per heavy atom. The maximum atomic E-state index is 13.4. The van der Waals surface area contributed by atoms with Crippen molar-refractivity contribution in [3.05, 3.63) is 40.8 Å². The first-order valence-corrected chi connectivity index (χ1v) is 9.11. The number of anilines is 1. The molecule has 2 atom stereocenters. The molecule has 7 nitrogen and oxygen atoms in total. The molecule has 2 aliphatic heterocycles. The normalized spacial score (nSPS) is 22.6. The molecule has 1 amide bonds. The summed E-state index contributed by atoms with van der Waals surface area (Å²) in [6.07, 6.45) is 2.53. The first kappa shape index (κ1) is 17.0. The van der Waals surface area contributed by atoms with E-state index in [0.29, 0.717) is 18.8 Å². The van der Waals surface area contributed by atoms with Crippen molar-refractivity contribution >= 4 is 11.7 Å². The minimum absolute atomic E-state index is 0.0349. The Kier molecular flexibility index (Phi) is 4.19. The van der Waals surface area contributed by atoms with E-state index in [9.17, 15) is 4.79 Å². The number of amides is 1. The monoisotopic (exact) mass is 355 g/mol. The van der Waals surface area contributed by atoms with Gasteiger partial charge in [0.15, 0.2) is 0 Å². The van der Waals surface area contributed by atoms with Gasteiger partial charge in [0.1, 0.15) is 11.5 Å². The molecule has 0 radical (unpaired) electrons. The third-order valence-electron chi connectivity index (χ3n) is 5.27. The van der Waals surface area contributed by atoms with Crippen molar-refractivity contribution in [3.63, 3.8) is 0 Å². The van der Waals surface area contributed by atoms with E-state index in [2.05, 4.69) is 15.0 Å². The van der Waals surface area contributed by atoms with Crippen LogP contribution < -0.4 is 4.90 Å². The minimum atomic E-state index is -0.0818. The molecule has 0 saturated heterocycles. The Morgan fingerprint density at radius 2 is 2.08 bits per heavy atom. The third-order valence-corrected chi connectivity index (χ3v) is 5.27. The summed E-state index contributed by atoms with van der Waals surface area (Å²) in [7, 11) is 3.87. The lowest BCUT2D eigenvalue weighted by atomic mass is 9.99. The largest absolute Gasteiger partial charge is 0.369 e. The predicted molar refractivity (Wildman–Crippen MR) is 98.1 cm³/mol. The molecule has 2 aliphatic rings. The molecule has 0 N–H and O–H groups in total. The highest BCUT2D eigenvalue weighted by atomic mass is 16.5. The van der Waals surface area contributed by atoms with Gasteiger partial charge in [0.2, 0.25) is 0 Å². The summed E-state index contributed by atoms with van der Waals surface area (Å²) in [5, 5.41) is 4.59. The number of aromatic nitrogens is 3. The van der Waals surface area contributed by atoms with Gasteiger partial charge in [0.05, 0.1) is 17.9 Å². The van der Waals surface area contributed by atoms with Gasteiger partial charge in [-0.05, 0) is 19.9 Å². The maximum absolute atomic E-state index is 13.4. The van der Waals surface area contributed by atoms with Crippen molar-refractivity contribution in [3.8, 4) is 0 Å². The lowest BCUT2D eigenvalue weighted by molar-refractivity contribution is -0.00714. The molecule has 0 aromatic carbocycles. The van der Waals surface area contributed by atoms with Crippen molar-refractivity contribution in [2.75, 3.05) is 25.0 Å². The van der Waals surface area contributed by atoms with Crippen LogP contribution in [0.4, 0.5) is 5.82 Å². The highest BCUT2D eigenvalue weighted by Crippen LogP contribution is 2.32. The molecule has 0 saturated carbocycles. The number of hydrogen-bond acceptors (Lipinski definition) is 5. The second kappa shape index (κ2) is 6.39. The zero-order chi connectivity index (χ0) is 18.4. The number of pyridine rings is 1. The first-order valence-electron chi connectivity index (χ1n) is 9.11. The molecule has 4 heterocycles. The molecule has 26 heavy (non-hydrogen) atoms. The summed E-state index contributed by atoms with van der Waals surface area (Å²) in [6, 6.07) is 3.97. The van der Waals surface area contributed by atoms with Crippen LogP contribution in [-0.2, 0) is 24.8 Å². The van der Waals surface area contributed by atoms with Crippen LogP contribution >= 0.6 is 0 Å². The highest BCUT2D eigenvalue weighted by Gasteiger charge is 2.33. The lowest BCUT2D eigenvalue weighted by Gasteiger charge is -2.26. The Morgan fingerprint density at radius 3 is 2.88 bits per heavy atom. The van der Waals surface area contributed by atoms with Crippen molar-refractivity contribution < 1.29 is 9.53 Å². The molecule has 4 rings (SSSR count). The lowest BCUT2D eigenvalue weighted by Crippen LogP contribution is -2.36. The standard InChI is InChI=1S/C19H25N5O2/c1-12-10-15-16(13(2)26-12)21-23(4)17(15)19(25)24-9-8-22(3)18-14(11-24)6-5-7-20-18/h5-7,12-13H,8-11H2,1-4H3/t12-,13+/m1/s1. The fourth-order valence-electron chi connectivity index (χ4n) is 4.01. The fourth-order valence-corrected chi connectivity index (χ4v) is 4.01. The van der Waals surface area contributed by atoms with Crippen LogP contribution in [0.3, 0.4) is 0 Å². The van der Waals surface area contributed by atoms with E-state index in [1.165, 1.54) is 0 Å². The third kappa shape index (κ3) is 2.76. The van der Waals surface area contributed by atoms with Crippen LogP contribution in [0.1, 0.15) is 47.3 Å². The summed E-state index contributed by atoms with van der Waals surface area (Å²) in [5.41, 5.74) is 3.69. The quantitative estimate of drug-likeness (QED) is 0.782. The van der Waals surface area contributed by atoms with Gasteiger partial charge in [-0.15, -0.1) is 0 Å². The molecule has 0 fully saturated rings. The molecule has 0 unspecified atom stereocenters. The Labute approximate surface area is 153 Å². The Bertz CT molecular complexity index is 846. The summed E-state index contributed by atoms with van der Waals surface area (Å²) in [6.45, 7) is 6.02. The van der Waals surface area contributed by atoms with E-state index in [1.807, 2.05) is 45.0 Å². The topological polar surface area (TPSA) is 63.5 Å². The van der Waals surface area contributed by atoms with E-state index in [1.54, 1.807) is 10.9 Å². The van der Waals surface area contributed by atoms with Gasteiger partial charge in [0.25, 0.3) is 5.91 Å². The molecule has 7 heteroatoms. The minimum Gasteiger partial charge on any atom is -0.369 e. The molecule has 2 aromatic rings. The predicted octanol–water partition coefficient (Wildman–Crippen LogP) is 1.93. The zero-order valence-corrected chi connectivity index (χ0v) is 15.8. The van der Waals surface area contributed by atoms with Gasteiger partial charge in [-0.25, -0.2) is 4.98 Å². The van der Waals surface area contributed by atoms with Gasteiger partial charge < -0.3 is 14.5 Å². The van der Waals surface area contributed by atoms with Crippen LogP contribution in [0, 0.1) is 0 Å². The Hall–Kier alpha value is -2.41. The van der Waals surface area contributed by atoms with Gasteiger partial charge in [-0.1, -0.05) is 6.07 Å². The van der Waals surface area contributed by atoms with E-state index in [4.69, 9.17) is 4.74 Å². The van der Waals surface area contributed by atoms with Crippen molar-refractivity contribution in [1.29, 1.82) is 0 Å². The van der Waals surface area contributed by atoms with Crippen molar-refractivity contribution in [2.45, 2.75) is 39.0 Å². The number of rotatable bonds is 1. The number of likely N-dealkylation sites (N-methyl/N-ethyl adjacent to an activating group) is 1. The summed E-state index contributed by atoms with van der Waals surface area (Å²) in [5.74, 6) is 0.984. The zero-order valence-electron chi connectivity index (χ0n) is 15.8. The van der Waals surface area contributed by atoms with Crippen LogP contribution in [0.25, 0.3) is 0 Å². The smallest absolute Gasteiger partial charge is 0.272 e. The number of aryl methyl sites for hydroxylation is 1. The second-order valence-corrected chi connectivity index (χ2v) is 7.26. The molecule has 2 aromatic heterocycles. The average Bonchev–Trinajstić information content (AvgIpc) is 2.84. The van der Waals surface area contributed by atoms with E-state index >= 15 is 0 Å². The van der Waals surface area contributed by atoms with E-state index in [0.717, 1.165) is 35.6 Å². The van der Waals surface area contributed by atoms with E-state index < -0.39 is 0 Å². The second-order valence-electron chi connectivity index (χ2n) is 7.26. The highest BCUT2D eigenvalue weighted by molar-refractivity contribution is 5.94. The molecular formula is C19H25N5O2. The van der Waals surface area contributed by atoms with Crippen LogP contribution in [0.15, 0.2) is 18.3 Å². The van der Waals surface area contributed by atoms with Crippen molar-refractivity contribution in [1.82, 2.24) is 19.7 Å². The fraction of sp³-hybridized carbons (Fsp3) is 0.526. The number of nitrogens with zero attached hydrogens (tertiary/aromatic N) is 5. The molecule has 0 aliphatic carbocycles. The summed E-state index contributed by atoms with van der Waals surface area (Å²) >= 11 is 0. The maximum Gasteiger partial charge on any atom is 0.272 e. The number of fused-ring (bicyclic) bond motifs is 2. The van der Waals surface area contributed by atoms with Crippen LogP contribution in [-0.4, -0.2) is 51.8 Å². The molecule has 138 valence electrons. The number of carbonyl (C=O) groups is 1. The van der Waals surface area contributed by atoms with E-state index in [-0.39, 0.29) is 18.1 Å². The van der Waals surface area contributed by atoms with Crippen molar-refractivity contribution in [2.24, 2.45) is 7.05 Å². The SMILES string of the molecule is C[C@@H]1Cc2c(nn(C)c2C(=O)N2CCN(C)c3ncccc3C2)[C@H](C)O1. The van der Waals surface area contributed by atoms with Crippen LogP contribution in [0.2, 0.25) is 0 Å². The first-order chi connectivity index (χ1) is 12.5. The summed E-state index contributed by atoms with van der Waals surface area (Å²) in [4.78, 5) is 21.9. The Balaban J connectivity index is 1.69. The number of hydrogen-bond donors (Lipinski definition) is 0.